The van der Waals surface area contributed by atoms with E-state index in [9.17, 15) is 18.5 Å². The van der Waals surface area contributed by atoms with Gasteiger partial charge in [0.15, 0.2) is 5.75 Å². The second-order valence-electron chi connectivity index (χ2n) is 6.74. The van der Waals surface area contributed by atoms with E-state index in [0.29, 0.717) is 10.7 Å². The molecule has 0 aliphatic carbocycles. The minimum atomic E-state index is -4.30. The number of benzene rings is 3. The van der Waals surface area contributed by atoms with Gasteiger partial charge < -0.3 is 9.50 Å². The quantitative estimate of drug-likeness (QED) is 0.234. The maximum absolute atomic E-state index is 12.7. The fourth-order valence-electron chi connectivity index (χ4n) is 2.74. The van der Waals surface area contributed by atoms with Gasteiger partial charge in [0, 0.05) is 21.3 Å². The molecule has 3 aromatic rings. The van der Waals surface area contributed by atoms with Crippen molar-refractivity contribution in [2.45, 2.75) is 11.8 Å². The second-order valence-corrected chi connectivity index (χ2v) is 9.56. The first-order chi connectivity index (χ1) is 15.6. The van der Waals surface area contributed by atoms with Crippen molar-refractivity contribution in [3.05, 3.63) is 92.4 Å². The van der Waals surface area contributed by atoms with E-state index in [0.717, 1.165) is 11.6 Å². The third-order valence-corrected chi connectivity index (χ3v) is 6.38. The molecule has 3 aromatic carbocycles. The lowest BCUT2D eigenvalue weighted by atomic mass is 10.1. The number of carbonyl (C=O) groups excluding carboxylic acids is 1. The lowest BCUT2D eigenvalue weighted by Crippen LogP contribution is -2.14. The molecule has 1 amide bonds. The van der Waals surface area contributed by atoms with Crippen LogP contribution in [0.15, 0.2) is 71.1 Å². The van der Waals surface area contributed by atoms with Crippen LogP contribution in [0.5, 0.6) is 5.75 Å². The topological polar surface area (TPSA) is 96.3 Å². The van der Waals surface area contributed by atoms with E-state index in [1.165, 1.54) is 36.4 Å². The van der Waals surface area contributed by atoms with Crippen LogP contribution in [0.1, 0.15) is 11.1 Å². The van der Waals surface area contributed by atoms with Crippen LogP contribution in [-0.4, -0.2) is 14.3 Å². The van der Waals surface area contributed by atoms with Gasteiger partial charge in [-0.05, 0) is 61.0 Å². The van der Waals surface area contributed by atoms with Crippen molar-refractivity contribution in [1.29, 1.82) is 5.26 Å². The number of para-hydroxylation sites is 1. The Morgan fingerprint density at radius 3 is 2.33 bits per heavy atom. The van der Waals surface area contributed by atoms with Crippen molar-refractivity contribution in [3.8, 4) is 11.8 Å². The normalized spacial score (nSPS) is 11.5. The molecule has 0 aromatic heterocycles. The van der Waals surface area contributed by atoms with Gasteiger partial charge in [-0.25, -0.2) is 0 Å². The third-order valence-electron chi connectivity index (χ3n) is 4.39. The van der Waals surface area contributed by atoms with Crippen LogP contribution in [0.4, 0.5) is 5.69 Å². The highest BCUT2D eigenvalue weighted by Gasteiger charge is 2.22. The molecule has 0 saturated heterocycles. The zero-order valence-electron chi connectivity index (χ0n) is 17.0. The molecular weight excluding hydrogens is 507 g/mol. The van der Waals surface area contributed by atoms with Crippen LogP contribution < -0.4 is 9.50 Å². The largest absolute Gasteiger partial charge is 0.377 e. The van der Waals surface area contributed by atoms with Gasteiger partial charge in [-0.3, -0.25) is 4.79 Å². The number of halogens is 3. The first kappa shape index (κ1) is 24.6. The molecule has 168 valence electrons. The standard InChI is InChI=1S/C23H15Cl3N2O4S/c1-14-4-2-3-5-21(14)28-23(29)16(13-27)10-15-11-18(25)12-20(26)22(15)32-33(30,31)19-8-6-17(24)7-9-19/h2-12H,1H3,(H,28,29)/b16-10+. The summed E-state index contributed by atoms with van der Waals surface area (Å²) >= 11 is 18.1. The number of hydrogen-bond donors (Lipinski definition) is 1. The number of amides is 1. The third kappa shape index (κ3) is 6.06. The summed E-state index contributed by atoms with van der Waals surface area (Å²) in [6.07, 6.45) is 1.15. The van der Waals surface area contributed by atoms with Crippen LogP contribution in [0.2, 0.25) is 15.1 Å². The van der Waals surface area contributed by atoms with Gasteiger partial charge in [0.05, 0.1) is 5.02 Å². The Balaban J connectivity index is 2.01. The summed E-state index contributed by atoms with van der Waals surface area (Å²) in [5.41, 5.74) is 1.04. The summed E-state index contributed by atoms with van der Waals surface area (Å²) in [5.74, 6) is -0.984. The molecule has 0 aliphatic rings. The van der Waals surface area contributed by atoms with Crippen molar-refractivity contribution in [1.82, 2.24) is 0 Å². The number of carbonyl (C=O) groups is 1. The molecule has 0 aliphatic heterocycles. The van der Waals surface area contributed by atoms with Crippen molar-refractivity contribution in [2.24, 2.45) is 0 Å². The SMILES string of the molecule is Cc1ccccc1NC(=O)/C(C#N)=C/c1cc(Cl)cc(Cl)c1OS(=O)(=O)c1ccc(Cl)cc1. The number of hydrogen-bond acceptors (Lipinski definition) is 5. The van der Waals surface area contributed by atoms with Gasteiger partial charge in [-0.15, -0.1) is 0 Å². The molecule has 0 unspecified atom stereocenters. The first-order valence-electron chi connectivity index (χ1n) is 9.28. The van der Waals surface area contributed by atoms with Crippen LogP contribution in [0.3, 0.4) is 0 Å². The maximum atomic E-state index is 12.7. The summed E-state index contributed by atoms with van der Waals surface area (Å²) in [7, 11) is -4.30. The number of aryl methyl sites for hydroxylation is 1. The van der Waals surface area contributed by atoms with E-state index in [-0.39, 0.29) is 31.8 Å². The molecule has 0 radical (unpaired) electrons. The van der Waals surface area contributed by atoms with Crippen molar-refractivity contribution < 1.29 is 17.4 Å². The molecule has 0 bridgehead atoms. The second kappa shape index (κ2) is 10.3. The molecule has 0 spiro atoms. The smallest absolute Gasteiger partial charge is 0.339 e. The number of nitrogens with zero attached hydrogens (tertiary/aromatic N) is 1. The molecule has 0 saturated carbocycles. The fourth-order valence-corrected chi connectivity index (χ4v) is 4.43. The minimum Gasteiger partial charge on any atom is -0.377 e. The van der Waals surface area contributed by atoms with E-state index in [1.54, 1.807) is 31.2 Å². The Labute approximate surface area is 206 Å². The van der Waals surface area contributed by atoms with Gasteiger partial charge in [0.1, 0.15) is 16.5 Å². The van der Waals surface area contributed by atoms with E-state index in [1.807, 2.05) is 6.07 Å². The van der Waals surface area contributed by atoms with Crippen LogP contribution >= 0.6 is 34.8 Å². The molecule has 10 heteroatoms. The van der Waals surface area contributed by atoms with Gasteiger partial charge in [0.2, 0.25) is 0 Å². The number of nitrogens with one attached hydrogen (secondary N) is 1. The zero-order chi connectivity index (χ0) is 24.2. The van der Waals surface area contributed by atoms with E-state index in [4.69, 9.17) is 39.0 Å². The maximum Gasteiger partial charge on any atom is 0.339 e. The average Bonchev–Trinajstić information content (AvgIpc) is 2.76. The summed E-state index contributed by atoms with van der Waals surface area (Å²) < 4.78 is 30.8. The highest BCUT2D eigenvalue weighted by Crippen LogP contribution is 2.36. The molecule has 6 nitrogen and oxygen atoms in total. The zero-order valence-corrected chi connectivity index (χ0v) is 20.1. The summed E-state index contributed by atoms with van der Waals surface area (Å²) in [4.78, 5) is 12.5. The Morgan fingerprint density at radius 1 is 1.03 bits per heavy atom. The molecule has 33 heavy (non-hydrogen) atoms. The van der Waals surface area contributed by atoms with Crippen molar-refractivity contribution >= 4 is 62.6 Å². The predicted octanol–water partition coefficient (Wildman–Crippen LogP) is 6.27. The van der Waals surface area contributed by atoms with Crippen molar-refractivity contribution in [2.75, 3.05) is 5.32 Å². The van der Waals surface area contributed by atoms with Crippen LogP contribution in [-0.2, 0) is 14.9 Å². The van der Waals surface area contributed by atoms with Gasteiger partial charge >= 0.3 is 10.1 Å². The van der Waals surface area contributed by atoms with Crippen LogP contribution in [0.25, 0.3) is 6.08 Å². The summed E-state index contributed by atoms with van der Waals surface area (Å²) in [6, 6.07) is 16.8. The number of nitriles is 1. The van der Waals surface area contributed by atoms with E-state index in [2.05, 4.69) is 5.32 Å². The predicted molar refractivity (Wildman–Crippen MR) is 129 cm³/mol. The van der Waals surface area contributed by atoms with E-state index < -0.39 is 16.0 Å². The molecule has 3 rings (SSSR count). The van der Waals surface area contributed by atoms with Gasteiger partial charge in [-0.2, -0.15) is 13.7 Å². The van der Waals surface area contributed by atoms with Crippen molar-refractivity contribution in [3.63, 3.8) is 0 Å². The molecule has 0 fully saturated rings. The highest BCUT2D eigenvalue weighted by atomic mass is 35.5. The van der Waals surface area contributed by atoms with E-state index >= 15 is 0 Å². The highest BCUT2D eigenvalue weighted by molar-refractivity contribution is 7.87. The summed E-state index contributed by atoms with van der Waals surface area (Å²) in [5, 5.41) is 12.6. The Hall–Kier alpha value is -3.02. The fraction of sp³-hybridized carbons (Fsp3) is 0.0435. The van der Waals surface area contributed by atoms with Crippen LogP contribution in [0, 0.1) is 18.3 Å². The molecule has 0 heterocycles. The number of anilines is 1. The molecular formula is C23H15Cl3N2O4S. The lowest BCUT2D eigenvalue weighted by molar-refractivity contribution is -0.112. The van der Waals surface area contributed by atoms with Gasteiger partial charge in [-0.1, -0.05) is 53.0 Å². The molecule has 0 atom stereocenters. The lowest BCUT2D eigenvalue weighted by Gasteiger charge is -2.13. The summed E-state index contributed by atoms with van der Waals surface area (Å²) in [6.45, 7) is 1.80. The Morgan fingerprint density at radius 2 is 1.70 bits per heavy atom. The van der Waals surface area contributed by atoms with Gasteiger partial charge in [0.25, 0.3) is 5.91 Å². The molecule has 1 N–H and O–H groups in total. The monoisotopic (exact) mass is 520 g/mol. The first-order valence-corrected chi connectivity index (χ1v) is 11.8. The number of rotatable bonds is 6. The Bertz CT molecular complexity index is 1400. The Kier molecular flexibility index (Phi) is 7.67. The average molecular weight is 522 g/mol. The minimum absolute atomic E-state index is 0.0292.